The molecule has 1 saturated carbocycles. The van der Waals surface area contributed by atoms with Crippen LogP contribution in [-0.4, -0.2) is 39.1 Å². The predicted octanol–water partition coefficient (Wildman–Crippen LogP) is 3.64. The van der Waals surface area contributed by atoms with Gasteiger partial charge in [-0.05, 0) is 62.4 Å². The van der Waals surface area contributed by atoms with Crippen molar-refractivity contribution in [1.29, 1.82) is 0 Å². The van der Waals surface area contributed by atoms with Crippen molar-refractivity contribution in [3.05, 3.63) is 48.0 Å². The van der Waals surface area contributed by atoms with Gasteiger partial charge >= 0.3 is 6.09 Å². The van der Waals surface area contributed by atoms with E-state index >= 15 is 0 Å². The number of primary sulfonamides is 1. The average molecular weight is 472 g/mol. The van der Waals surface area contributed by atoms with E-state index in [-0.39, 0.29) is 29.7 Å². The van der Waals surface area contributed by atoms with Gasteiger partial charge in [0.25, 0.3) is 0 Å². The molecule has 0 radical (unpaired) electrons. The van der Waals surface area contributed by atoms with Crippen LogP contribution in [0.2, 0.25) is 0 Å². The van der Waals surface area contributed by atoms with Gasteiger partial charge in [-0.3, -0.25) is 9.69 Å². The number of hydrogen-bond acceptors (Lipinski definition) is 5. The molecule has 9 heteroatoms. The molecule has 0 bridgehead atoms. The highest BCUT2D eigenvalue weighted by Gasteiger charge is 2.41. The molecule has 176 valence electrons. The smallest absolute Gasteiger partial charge is 0.414 e. The molecule has 1 unspecified atom stereocenters. The van der Waals surface area contributed by atoms with Crippen molar-refractivity contribution in [3.8, 4) is 11.1 Å². The van der Waals surface area contributed by atoms with Crippen LogP contribution in [0.5, 0.6) is 0 Å². The lowest BCUT2D eigenvalue weighted by Crippen LogP contribution is -2.52. The molecule has 1 heterocycles. The Kier molecular flexibility index (Phi) is 6.20. The van der Waals surface area contributed by atoms with E-state index in [4.69, 9.17) is 9.88 Å². The molecule has 1 aliphatic carbocycles. The van der Waals surface area contributed by atoms with Crippen LogP contribution in [0.1, 0.15) is 39.2 Å². The summed E-state index contributed by atoms with van der Waals surface area (Å²) in [5.74, 6) is -0.0798. The number of rotatable bonds is 5. The van der Waals surface area contributed by atoms with E-state index in [0.717, 1.165) is 24.0 Å². The SMILES string of the molecule is CC(C)OC(=O)N1CC(C)N(C(=O)C2CC2)c2ccc(-c3ccc(CS(N)(=O)=O)cc3)cc21. The van der Waals surface area contributed by atoms with Crippen LogP contribution in [0.3, 0.4) is 0 Å². The number of carbonyl (C=O) groups excluding carboxylic acids is 2. The van der Waals surface area contributed by atoms with Crippen LogP contribution >= 0.6 is 0 Å². The van der Waals surface area contributed by atoms with E-state index < -0.39 is 16.1 Å². The summed E-state index contributed by atoms with van der Waals surface area (Å²) in [5.41, 5.74) is 3.61. The Morgan fingerprint density at radius 1 is 1.06 bits per heavy atom. The highest BCUT2D eigenvalue weighted by Crippen LogP contribution is 2.42. The number of benzene rings is 2. The molecular weight excluding hydrogens is 442 g/mol. The third-order valence-corrected chi connectivity index (χ3v) is 6.53. The Morgan fingerprint density at radius 2 is 1.70 bits per heavy atom. The van der Waals surface area contributed by atoms with Crippen molar-refractivity contribution in [1.82, 2.24) is 0 Å². The summed E-state index contributed by atoms with van der Waals surface area (Å²) >= 11 is 0. The molecule has 1 atom stereocenters. The highest BCUT2D eigenvalue weighted by atomic mass is 32.2. The molecule has 8 nitrogen and oxygen atoms in total. The maximum atomic E-state index is 13.0. The van der Waals surface area contributed by atoms with Gasteiger partial charge in [0.15, 0.2) is 0 Å². The molecule has 2 aliphatic rings. The zero-order valence-corrected chi connectivity index (χ0v) is 19.8. The molecule has 4 rings (SSSR count). The quantitative estimate of drug-likeness (QED) is 0.716. The fraction of sp³-hybridized carbons (Fsp3) is 0.417. The normalized spacial score (nSPS) is 18.3. The fourth-order valence-electron chi connectivity index (χ4n) is 4.13. The van der Waals surface area contributed by atoms with Gasteiger partial charge in [0.05, 0.1) is 29.3 Å². The third kappa shape index (κ3) is 5.20. The monoisotopic (exact) mass is 471 g/mol. The van der Waals surface area contributed by atoms with Crippen LogP contribution < -0.4 is 14.9 Å². The van der Waals surface area contributed by atoms with Crippen molar-refractivity contribution in [3.63, 3.8) is 0 Å². The molecule has 2 N–H and O–H groups in total. The highest BCUT2D eigenvalue weighted by molar-refractivity contribution is 7.88. The van der Waals surface area contributed by atoms with Crippen molar-refractivity contribution in [2.45, 2.75) is 51.5 Å². The second-order valence-electron chi connectivity index (χ2n) is 9.08. The van der Waals surface area contributed by atoms with Crippen LogP contribution in [0.4, 0.5) is 16.2 Å². The summed E-state index contributed by atoms with van der Waals surface area (Å²) in [5, 5.41) is 5.14. The zero-order valence-electron chi connectivity index (χ0n) is 19.0. The first kappa shape index (κ1) is 23.3. The largest absolute Gasteiger partial charge is 0.446 e. The molecule has 2 aromatic carbocycles. The first-order valence-corrected chi connectivity index (χ1v) is 12.8. The molecule has 1 aliphatic heterocycles. The molecule has 2 aromatic rings. The van der Waals surface area contributed by atoms with Gasteiger partial charge in [-0.2, -0.15) is 0 Å². The summed E-state index contributed by atoms with van der Waals surface area (Å²) in [6.45, 7) is 5.88. The van der Waals surface area contributed by atoms with Gasteiger partial charge < -0.3 is 9.64 Å². The average Bonchev–Trinajstić information content (AvgIpc) is 3.57. The molecule has 2 amide bonds. The van der Waals surface area contributed by atoms with Gasteiger partial charge in [0.1, 0.15) is 0 Å². The number of ether oxygens (including phenoxy) is 1. The number of nitrogens with zero attached hydrogens (tertiary/aromatic N) is 2. The minimum absolute atomic E-state index is 0.0560. The molecule has 0 saturated heterocycles. The number of anilines is 2. The first-order valence-electron chi connectivity index (χ1n) is 11.1. The summed E-state index contributed by atoms with van der Waals surface area (Å²) in [6, 6.07) is 12.6. The van der Waals surface area contributed by atoms with E-state index in [1.807, 2.05) is 42.2 Å². The predicted molar refractivity (Wildman–Crippen MR) is 127 cm³/mol. The van der Waals surface area contributed by atoms with Gasteiger partial charge in [-0.25, -0.2) is 18.4 Å². The van der Waals surface area contributed by atoms with Crippen LogP contribution in [-0.2, 0) is 25.3 Å². The Morgan fingerprint density at radius 3 is 2.27 bits per heavy atom. The van der Waals surface area contributed by atoms with Crippen molar-refractivity contribution < 1.29 is 22.7 Å². The van der Waals surface area contributed by atoms with Crippen LogP contribution in [0.15, 0.2) is 42.5 Å². The van der Waals surface area contributed by atoms with Crippen molar-refractivity contribution in [2.24, 2.45) is 11.1 Å². The van der Waals surface area contributed by atoms with Crippen LogP contribution in [0.25, 0.3) is 11.1 Å². The molecule has 0 spiro atoms. The van der Waals surface area contributed by atoms with Gasteiger partial charge in [0.2, 0.25) is 15.9 Å². The Labute approximate surface area is 194 Å². The Hall–Kier alpha value is -2.91. The topological polar surface area (TPSA) is 110 Å². The Bertz CT molecular complexity index is 1170. The third-order valence-electron chi connectivity index (χ3n) is 5.79. The molecule has 1 fully saturated rings. The number of fused-ring (bicyclic) bond motifs is 1. The number of amides is 2. The minimum Gasteiger partial charge on any atom is -0.446 e. The van der Waals surface area contributed by atoms with E-state index in [9.17, 15) is 18.0 Å². The number of hydrogen-bond donors (Lipinski definition) is 1. The first-order chi connectivity index (χ1) is 15.5. The summed E-state index contributed by atoms with van der Waals surface area (Å²) in [6.07, 6.45) is 1.09. The van der Waals surface area contributed by atoms with E-state index in [0.29, 0.717) is 23.5 Å². The lowest BCUT2D eigenvalue weighted by molar-refractivity contribution is -0.120. The standard InChI is InChI=1S/C24H29N3O5S/c1-15(2)32-24(29)26-13-16(3)27(23(28)19-8-9-19)21-11-10-20(12-22(21)26)18-6-4-17(5-7-18)14-33(25,30)31/h4-7,10-12,15-16,19H,8-9,13-14H2,1-3H3,(H2,25,30,31). The lowest BCUT2D eigenvalue weighted by Gasteiger charge is -2.41. The second-order valence-corrected chi connectivity index (χ2v) is 10.7. The lowest BCUT2D eigenvalue weighted by atomic mass is 9.99. The van der Waals surface area contributed by atoms with Gasteiger partial charge in [-0.1, -0.05) is 30.3 Å². The van der Waals surface area contributed by atoms with E-state index in [1.54, 1.807) is 30.9 Å². The number of nitrogens with two attached hydrogens (primary N) is 1. The van der Waals surface area contributed by atoms with Crippen LogP contribution in [0, 0.1) is 5.92 Å². The number of carbonyl (C=O) groups is 2. The molecule has 0 aromatic heterocycles. The number of sulfonamides is 1. The minimum atomic E-state index is -3.61. The zero-order chi connectivity index (χ0) is 23.9. The fourth-order valence-corrected chi connectivity index (χ4v) is 4.79. The second kappa shape index (κ2) is 8.79. The summed E-state index contributed by atoms with van der Waals surface area (Å²) < 4.78 is 28.2. The molecule has 33 heavy (non-hydrogen) atoms. The maximum absolute atomic E-state index is 13.0. The van der Waals surface area contributed by atoms with E-state index in [2.05, 4.69) is 0 Å². The molecular formula is C24H29N3O5S. The van der Waals surface area contributed by atoms with Gasteiger partial charge in [0, 0.05) is 12.5 Å². The Balaban J connectivity index is 1.72. The van der Waals surface area contributed by atoms with Crippen molar-refractivity contribution >= 4 is 33.4 Å². The maximum Gasteiger partial charge on any atom is 0.414 e. The van der Waals surface area contributed by atoms with E-state index in [1.165, 1.54) is 0 Å². The summed E-state index contributed by atoms with van der Waals surface area (Å²) in [4.78, 5) is 29.3. The summed E-state index contributed by atoms with van der Waals surface area (Å²) in [7, 11) is -3.61. The van der Waals surface area contributed by atoms with Gasteiger partial charge in [-0.15, -0.1) is 0 Å². The van der Waals surface area contributed by atoms with Crippen molar-refractivity contribution in [2.75, 3.05) is 16.3 Å².